The van der Waals surface area contributed by atoms with Crippen LogP contribution in [0.4, 0.5) is 0 Å². The SMILES string of the molecule is C/C=C(\C)Oc1cc(C)ccc1Cl. The minimum atomic E-state index is 0.645. The van der Waals surface area contributed by atoms with E-state index in [1.165, 1.54) is 0 Å². The minimum Gasteiger partial charge on any atom is -0.461 e. The zero-order valence-electron chi connectivity index (χ0n) is 8.10. The molecule has 1 aromatic rings. The Bertz CT molecular complexity index is 329. The minimum absolute atomic E-state index is 0.645. The molecule has 0 heterocycles. The molecule has 0 bridgehead atoms. The number of ether oxygens (including phenoxy) is 1. The lowest BCUT2D eigenvalue weighted by Gasteiger charge is -2.07. The summed E-state index contributed by atoms with van der Waals surface area (Å²) in [6.07, 6.45) is 1.90. The van der Waals surface area contributed by atoms with Gasteiger partial charge in [0.2, 0.25) is 0 Å². The van der Waals surface area contributed by atoms with Crippen molar-refractivity contribution in [3.63, 3.8) is 0 Å². The fraction of sp³-hybridized carbons (Fsp3) is 0.273. The summed E-state index contributed by atoms with van der Waals surface area (Å²) in [4.78, 5) is 0. The topological polar surface area (TPSA) is 9.23 Å². The molecule has 2 heteroatoms. The first-order valence-electron chi connectivity index (χ1n) is 4.20. The van der Waals surface area contributed by atoms with Crippen molar-refractivity contribution in [2.45, 2.75) is 20.8 Å². The van der Waals surface area contributed by atoms with Crippen LogP contribution >= 0.6 is 11.6 Å². The molecule has 1 nitrogen and oxygen atoms in total. The van der Waals surface area contributed by atoms with E-state index in [1.807, 2.05) is 45.0 Å². The summed E-state index contributed by atoms with van der Waals surface area (Å²) in [6, 6.07) is 5.73. The maximum absolute atomic E-state index is 5.95. The third-order valence-corrected chi connectivity index (χ3v) is 2.08. The smallest absolute Gasteiger partial charge is 0.145 e. The Labute approximate surface area is 84.0 Å². The van der Waals surface area contributed by atoms with Gasteiger partial charge in [0.15, 0.2) is 0 Å². The molecule has 13 heavy (non-hydrogen) atoms. The number of allylic oxidation sites excluding steroid dienone is 2. The van der Waals surface area contributed by atoms with Crippen molar-refractivity contribution in [3.8, 4) is 5.75 Å². The average Bonchev–Trinajstić information content (AvgIpc) is 2.11. The molecule has 0 aromatic heterocycles. The van der Waals surface area contributed by atoms with Crippen LogP contribution in [-0.2, 0) is 0 Å². The molecule has 0 spiro atoms. The molecule has 0 saturated carbocycles. The zero-order valence-corrected chi connectivity index (χ0v) is 8.85. The first-order valence-corrected chi connectivity index (χ1v) is 4.58. The predicted octanol–water partition coefficient (Wildman–Crippen LogP) is 3.95. The molecule has 0 amide bonds. The lowest BCUT2D eigenvalue weighted by molar-refractivity contribution is 0.426. The van der Waals surface area contributed by atoms with Crippen LogP contribution in [0.3, 0.4) is 0 Å². The molecule has 0 saturated heterocycles. The second-order valence-electron chi connectivity index (χ2n) is 2.94. The van der Waals surface area contributed by atoms with Crippen molar-refractivity contribution in [1.82, 2.24) is 0 Å². The molecule has 70 valence electrons. The number of hydrogen-bond acceptors (Lipinski definition) is 1. The fourth-order valence-electron chi connectivity index (χ4n) is 0.921. The van der Waals surface area contributed by atoms with Crippen LogP contribution in [-0.4, -0.2) is 0 Å². The lowest BCUT2D eigenvalue weighted by Crippen LogP contribution is -1.91. The molecule has 0 unspecified atom stereocenters. The standard InChI is InChI=1S/C11H13ClO/c1-4-9(3)13-11-7-8(2)5-6-10(11)12/h4-7H,1-3H3/b9-4+. The van der Waals surface area contributed by atoms with Crippen LogP contribution in [0.15, 0.2) is 30.0 Å². The first-order chi connectivity index (χ1) is 6.13. The summed E-state index contributed by atoms with van der Waals surface area (Å²) in [5, 5.41) is 0.645. The summed E-state index contributed by atoms with van der Waals surface area (Å²) in [5.74, 6) is 1.57. The van der Waals surface area contributed by atoms with Gasteiger partial charge in [-0.1, -0.05) is 17.7 Å². The quantitative estimate of drug-likeness (QED) is 0.651. The molecule has 0 fully saturated rings. The third-order valence-electron chi connectivity index (χ3n) is 1.76. The van der Waals surface area contributed by atoms with Crippen LogP contribution in [0, 0.1) is 6.92 Å². The van der Waals surface area contributed by atoms with E-state index in [-0.39, 0.29) is 0 Å². The first kappa shape index (κ1) is 10.1. The second-order valence-corrected chi connectivity index (χ2v) is 3.34. The fourth-order valence-corrected chi connectivity index (χ4v) is 1.08. The second kappa shape index (κ2) is 4.33. The third kappa shape index (κ3) is 2.78. The molecule has 0 radical (unpaired) electrons. The Kier molecular flexibility index (Phi) is 3.38. The summed E-state index contributed by atoms with van der Waals surface area (Å²) >= 11 is 5.95. The van der Waals surface area contributed by atoms with Crippen molar-refractivity contribution in [1.29, 1.82) is 0 Å². The summed E-state index contributed by atoms with van der Waals surface area (Å²) in [7, 11) is 0. The molecular formula is C11H13ClO. The number of benzene rings is 1. The van der Waals surface area contributed by atoms with Gasteiger partial charge in [-0.05, 0) is 44.5 Å². The Morgan fingerprint density at radius 2 is 2.15 bits per heavy atom. The van der Waals surface area contributed by atoms with Crippen molar-refractivity contribution >= 4 is 11.6 Å². The van der Waals surface area contributed by atoms with E-state index in [9.17, 15) is 0 Å². The van der Waals surface area contributed by atoms with Crippen LogP contribution < -0.4 is 4.74 Å². The highest BCUT2D eigenvalue weighted by Crippen LogP contribution is 2.26. The summed E-state index contributed by atoms with van der Waals surface area (Å²) in [5.41, 5.74) is 1.14. The van der Waals surface area contributed by atoms with Crippen LogP contribution in [0.2, 0.25) is 5.02 Å². The van der Waals surface area contributed by atoms with Gasteiger partial charge < -0.3 is 4.74 Å². The zero-order chi connectivity index (χ0) is 9.84. The molecule has 0 N–H and O–H groups in total. The van der Waals surface area contributed by atoms with Gasteiger partial charge in [0.1, 0.15) is 5.75 Å². The summed E-state index contributed by atoms with van der Waals surface area (Å²) in [6.45, 7) is 5.84. The Morgan fingerprint density at radius 3 is 2.77 bits per heavy atom. The van der Waals surface area contributed by atoms with Gasteiger partial charge in [0, 0.05) is 0 Å². The van der Waals surface area contributed by atoms with E-state index in [4.69, 9.17) is 16.3 Å². The van der Waals surface area contributed by atoms with Crippen molar-refractivity contribution < 1.29 is 4.74 Å². The summed E-state index contributed by atoms with van der Waals surface area (Å²) < 4.78 is 5.50. The molecular weight excluding hydrogens is 184 g/mol. The van der Waals surface area contributed by atoms with E-state index in [2.05, 4.69) is 0 Å². The van der Waals surface area contributed by atoms with E-state index < -0.39 is 0 Å². The molecule has 0 atom stereocenters. The Morgan fingerprint density at radius 1 is 1.46 bits per heavy atom. The van der Waals surface area contributed by atoms with E-state index in [1.54, 1.807) is 0 Å². The maximum Gasteiger partial charge on any atom is 0.145 e. The average molecular weight is 197 g/mol. The monoisotopic (exact) mass is 196 g/mol. The maximum atomic E-state index is 5.95. The van der Waals surface area contributed by atoms with Gasteiger partial charge >= 0.3 is 0 Å². The largest absolute Gasteiger partial charge is 0.461 e. The number of halogens is 1. The van der Waals surface area contributed by atoms with Crippen molar-refractivity contribution in [2.75, 3.05) is 0 Å². The predicted molar refractivity (Wildman–Crippen MR) is 56.2 cm³/mol. The van der Waals surface area contributed by atoms with Gasteiger partial charge in [-0.3, -0.25) is 0 Å². The van der Waals surface area contributed by atoms with Crippen molar-refractivity contribution in [2.24, 2.45) is 0 Å². The van der Waals surface area contributed by atoms with Gasteiger partial charge in [-0.15, -0.1) is 0 Å². The van der Waals surface area contributed by atoms with Crippen LogP contribution in [0.25, 0.3) is 0 Å². The molecule has 0 aliphatic heterocycles. The van der Waals surface area contributed by atoms with E-state index in [0.29, 0.717) is 5.02 Å². The van der Waals surface area contributed by atoms with Gasteiger partial charge in [0.25, 0.3) is 0 Å². The Balaban J connectivity index is 2.94. The van der Waals surface area contributed by atoms with Gasteiger partial charge in [-0.2, -0.15) is 0 Å². The van der Waals surface area contributed by atoms with Crippen LogP contribution in [0.1, 0.15) is 19.4 Å². The highest BCUT2D eigenvalue weighted by atomic mass is 35.5. The van der Waals surface area contributed by atoms with E-state index in [0.717, 1.165) is 17.1 Å². The van der Waals surface area contributed by atoms with Crippen molar-refractivity contribution in [3.05, 3.63) is 40.6 Å². The molecule has 0 aliphatic carbocycles. The highest BCUT2D eigenvalue weighted by molar-refractivity contribution is 6.32. The lowest BCUT2D eigenvalue weighted by atomic mass is 10.2. The van der Waals surface area contributed by atoms with Gasteiger partial charge in [-0.25, -0.2) is 0 Å². The normalized spacial score (nSPS) is 11.5. The Hall–Kier alpha value is -0.950. The molecule has 1 aromatic carbocycles. The van der Waals surface area contributed by atoms with Gasteiger partial charge in [0.05, 0.1) is 10.8 Å². The highest BCUT2D eigenvalue weighted by Gasteiger charge is 2.01. The number of rotatable bonds is 2. The molecule has 1 rings (SSSR count). The van der Waals surface area contributed by atoms with Crippen LogP contribution in [0.5, 0.6) is 5.75 Å². The van der Waals surface area contributed by atoms with E-state index >= 15 is 0 Å². The number of aryl methyl sites for hydroxylation is 1. The number of hydrogen-bond donors (Lipinski definition) is 0. The molecule has 0 aliphatic rings.